The van der Waals surface area contributed by atoms with Crippen LogP contribution in [0.3, 0.4) is 0 Å². The van der Waals surface area contributed by atoms with Crippen LogP contribution in [0.1, 0.15) is 43.2 Å². The van der Waals surface area contributed by atoms with Gasteiger partial charge in [0.25, 0.3) is 0 Å². The number of nitrogens with zero attached hydrogens (tertiary/aromatic N) is 8. The summed E-state index contributed by atoms with van der Waals surface area (Å²) in [5.74, 6) is -0.435. The predicted octanol–water partition coefficient (Wildman–Crippen LogP) is 7.06. The molecular formula is C36H16I2N8O2. The number of ketones is 2. The molecular weight excluding hydrogens is 830 g/mol. The van der Waals surface area contributed by atoms with E-state index in [1.807, 2.05) is 71.3 Å². The first-order valence-electron chi connectivity index (χ1n) is 14.4. The van der Waals surface area contributed by atoms with Gasteiger partial charge < -0.3 is 4.57 Å². The van der Waals surface area contributed by atoms with E-state index in [4.69, 9.17) is 4.98 Å². The molecule has 48 heavy (non-hydrogen) atoms. The van der Waals surface area contributed by atoms with Crippen LogP contribution < -0.4 is 0 Å². The van der Waals surface area contributed by atoms with E-state index in [1.54, 1.807) is 47.2 Å². The van der Waals surface area contributed by atoms with Crippen LogP contribution in [0.15, 0.2) is 97.2 Å². The zero-order chi connectivity index (χ0) is 33.1. The Morgan fingerprint density at radius 2 is 1.15 bits per heavy atom. The van der Waals surface area contributed by atoms with Gasteiger partial charge in [0.05, 0.1) is 22.5 Å². The molecule has 1 aliphatic carbocycles. The highest BCUT2D eigenvalue weighted by Gasteiger charge is 2.41. The van der Waals surface area contributed by atoms with Gasteiger partial charge in [-0.25, -0.2) is 15.0 Å². The number of carbonyl (C=O) groups is 2. The summed E-state index contributed by atoms with van der Waals surface area (Å²) in [6.07, 6.45) is 1.64. The fourth-order valence-electron chi connectivity index (χ4n) is 6.01. The lowest BCUT2D eigenvalue weighted by atomic mass is 9.83. The summed E-state index contributed by atoms with van der Waals surface area (Å²) in [4.78, 5) is 47.8. The van der Waals surface area contributed by atoms with E-state index in [-0.39, 0.29) is 56.8 Å². The number of hydrogen-bond donors (Lipinski definition) is 0. The van der Waals surface area contributed by atoms with Gasteiger partial charge in [-0.1, -0.05) is 30.3 Å². The van der Waals surface area contributed by atoms with Crippen LogP contribution in [0.5, 0.6) is 0 Å². The van der Waals surface area contributed by atoms with Crippen LogP contribution in [-0.4, -0.2) is 40.6 Å². The molecule has 7 aromatic rings. The van der Waals surface area contributed by atoms with Gasteiger partial charge in [-0.05, 0) is 106 Å². The Labute approximate surface area is 299 Å². The van der Waals surface area contributed by atoms with Crippen molar-refractivity contribution < 1.29 is 9.59 Å². The number of aromatic nitrogens is 6. The van der Waals surface area contributed by atoms with Crippen molar-refractivity contribution in [3.63, 3.8) is 0 Å². The lowest BCUT2D eigenvalue weighted by Crippen LogP contribution is -2.20. The van der Waals surface area contributed by atoms with Gasteiger partial charge in [0, 0.05) is 35.8 Å². The van der Waals surface area contributed by atoms with E-state index < -0.39 is 0 Å². The van der Waals surface area contributed by atoms with Crippen molar-refractivity contribution in [1.29, 1.82) is 10.5 Å². The summed E-state index contributed by atoms with van der Waals surface area (Å²) >= 11 is 4.43. The first-order valence-corrected chi connectivity index (χ1v) is 16.6. The van der Waals surface area contributed by atoms with E-state index in [0.717, 1.165) is 7.14 Å². The normalized spacial score (nSPS) is 12.0. The Morgan fingerprint density at radius 1 is 0.604 bits per heavy atom. The number of fused-ring (bicyclic) bond motifs is 3. The average molecular weight is 846 g/mol. The zero-order valence-electron chi connectivity index (χ0n) is 24.4. The van der Waals surface area contributed by atoms with Crippen LogP contribution >= 0.6 is 45.2 Å². The quantitative estimate of drug-likeness (QED) is 0.171. The van der Waals surface area contributed by atoms with Gasteiger partial charge in [0.2, 0.25) is 0 Å². The van der Waals surface area contributed by atoms with Crippen LogP contribution in [0.25, 0.3) is 45.6 Å². The van der Waals surface area contributed by atoms with E-state index in [0.29, 0.717) is 34.0 Å². The maximum absolute atomic E-state index is 14.7. The van der Waals surface area contributed by atoms with Crippen molar-refractivity contribution in [3.05, 3.63) is 138 Å². The van der Waals surface area contributed by atoms with Gasteiger partial charge >= 0.3 is 0 Å². The smallest absolute Gasteiger partial charge is 0.199 e. The Balaban J connectivity index is 1.60. The van der Waals surface area contributed by atoms with Crippen molar-refractivity contribution in [1.82, 2.24) is 29.1 Å². The molecule has 0 saturated carbocycles. The molecule has 3 aromatic carbocycles. The third-order valence-electron chi connectivity index (χ3n) is 8.04. The maximum Gasteiger partial charge on any atom is 0.199 e. The number of rotatable bonds is 4. The maximum atomic E-state index is 14.7. The van der Waals surface area contributed by atoms with Crippen molar-refractivity contribution >= 4 is 68.0 Å². The lowest BCUT2D eigenvalue weighted by molar-refractivity contribution is 0.0981. The SMILES string of the molecule is N#Cc1nc2nc(-c3c4c(c(-c5ccccn5)n3-c3ccc(I)cc3)C(=O)c3ccccc3C4=O)n(-c3ccc(I)cc3)c2nc1C#N. The minimum Gasteiger partial charge on any atom is -0.303 e. The van der Waals surface area contributed by atoms with Crippen molar-refractivity contribution in [2.24, 2.45) is 0 Å². The third-order valence-corrected chi connectivity index (χ3v) is 9.48. The largest absolute Gasteiger partial charge is 0.303 e. The number of pyridine rings is 1. The highest BCUT2D eigenvalue weighted by molar-refractivity contribution is 14.1. The Bertz CT molecular complexity index is 2580. The average Bonchev–Trinajstić information content (AvgIpc) is 3.67. The van der Waals surface area contributed by atoms with Gasteiger partial charge in [-0.3, -0.25) is 19.1 Å². The molecule has 0 unspecified atom stereocenters. The van der Waals surface area contributed by atoms with Crippen molar-refractivity contribution in [3.8, 4) is 46.4 Å². The second-order valence-corrected chi connectivity index (χ2v) is 13.2. The summed E-state index contributed by atoms with van der Waals surface area (Å²) in [6.45, 7) is 0. The Kier molecular flexibility index (Phi) is 7.19. The zero-order valence-corrected chi connectivity index (χ0v) is 28.7. The Morgan fingerprint density at radius 3 is 1.71 bits per heavy atom. The van der Waals surface area contributed by atoms with Crippen LogP contribution in [0.2, 0.25) is 0 Å². The molecule has 4 heterocycles. The summed E-state index contributed by atoms with van der Waals surface area (Å²) in [6, 6.07) is 31.3. The van der Waals surface area contributed by atoms with Gasteiger partial charge in [-0.15, -0.1) is 0 Å². The third kappa shape index (κ3) is 4.56. The van der Waals surface area contributed by atoms with Crippen molar-refractivity contribution in [2.75, 3.05) is 0 Å². The standard InChI is InChI=1S/C36H16I2N8O2/c37-19-8-12-21(13-9-19)45-30(25-7-3-4-16-41-25)28-29(33(48)24-6-2-1-5-23(24)32(28)47)31(45)35-44-34-36(43-27(18-40)26(17-39)42-34)46(35)22-14-10-20(38)11-15-22/h1-16H. The number of imidazole rings is 1. The van der Waals surface area contributed by atoms with E-state index >= 15 is 0 Å². The first-order chi connectivity index (χ1) is 23.4. The Hall–Kier alpha value is -5.58. The molecule has 0 fully saturated rings. The minimum absolute atomic E-state index is 0.0950. The fraction of sp³-hybridized carbons (Fsp3) is 0. The van der Waals surface area contributed by atoms with E-state index in [1.165, 1.54) is 0 Å². The fourth-order valence-corrected chi connectivity index (χ4v) is 6.73. The van der Waals surface area contributed by atoms with E-state index in [2.05, 4.69) is 60.1 Å². The predicted molar refractivity (Wildman–Crippen MR) is 193 cm³/mol. The highest BCUT2D eigenvalue weighted by atomic mass is 127. The molecule has 226 valence electrons. The molecule has 1 aliphatic rings. The van der Waals surface area contributed by atoms with E-state index in [9.17, 15) is 20.1 Å². The van der Waals surface area contributed by atoms with Crippen molar-refractivity contribution in [2.45, 2.75) is 0 Å². The first kappa shape index (κ1) is 29.8. The molecule has 0 spiro atoms. The molecule has 0 atom stereocenters. The highest BCUT2D eigenvalue weighted by Crippen LogP contribution is 2.45. The molecule has 0 radical (unpaired) electrons. The van der Waals surface area contributed by atoms with Crippen LogP contribution in [0, 0.1) is 29.8 Å². The number of halogens is 2. The molecule has 0 N–H and O–H groups in total. The second-order valence-electron chi connectivity index (χ2n) is 10.7. The number of carbonyl (C=O) groups excluding carboxylic acids is 2. The summed E-state index contributed by atoms with van der Waals surface area (Å²) < 4.78 is 5.51. The van der Waals surface area contributed by atoms with Crippen LogP contribution in [-0.2, 0) is 0 Å². The molecule has 12 heteroatoms. The lowest BCUT2D eigenvalue weighted by Gasteiger charge is -2.16. The molecule has 10 nitrogen and oxygen atoms in total. The molecule has 0 bridgehead atoms. The molecule has 0 amide bonds. The summed E-state index contributed by atoms with van der Waals surface area (Å²) in [5.41, 5.74) is 3.38. The molecule has 8 rings (SSSR count). The molecule has 0 aliphatic heterocycles. The van der Waals surface area contributed by atoms with Gasteiger partial charge in [0.1, 0.15) is 17.8 Å². The molecule has 0 saturated heterocycles. The van der Waals surface area contributed by atoms with Gasteiger partial charge in [0.15, 0.2) is 40.1 Å². The topological polar surface area (TPSA) is 143 Å². The monoisotopic (exact) mass is 846 g/mol. The van der Waals surface area contributed by atoms with Gasteiger partial charge in [-0.2, -0.15) is 10.5 Å². The molecule has 4 aromatic heterocycles. The van der Waals surface area contributed by atoms with Crippen LogP contribution in [0.4, 0.5) is 0 Å². The summed E-state index contributed by atoms with van der Waals surface area (Å²) in [7, 11) is 0. The number of benzene rings is 3. The number of nitriles is 2. The minimum atomic E-state index is -0.353. The number of hydrogen-bond acceptors (Lipinski definition) is 8. The second kappa shape index (κ2) is 11.6. The summed E-state index contributed by atoms with van der Waals surface area (Å²) in [5, 5.41) is 19.6.